The van der Waals surface area contributed by atoms with Crippen LogP contribution in [0.3, 0.4) is 0 Å². The molecule has 2 N–H and O–H groups in total. The predicted molar refractivity (Wildman–Crippen MR) is 81.7 cm³/mol. The van der Waals surface area contributed by atoms with Crippen LogP contribution in [-0.4, -0.2) is 41.0 Å². The molecule has 0 aromatic heterocycles. The van der Waals surface area contributed by atoms with Crippen LogP contribution in [0.4, 0.5) is 10.5 Å². The van der Waals surface area contributed by atoms with Gasteiger partial charge >= 0.3 is 6.03 Å². The van der Waals surface area contributed by atoms with Crippen molar-refractivity contribution in [3.8, 4) is 0 Å². The molecule has 0 spiro atoms. The second kappa shape index (κ2) is 5.85. The van der Waals surface area contributed by atoms with Crippen molar-refractivity contribution in [1.82, 2.24) is 4.90 Å². The van der Waals surface area contributed by atoms with E-state index in [1.54, 1.807) is 27.0 Å². The molecule has 0 saturated heterocycles. The van der Waals surface area contributed by atoms with E-state index in [1.165, 1.54) is 4.90 Å². The largest absolute Gasteiger partial charge is 0.389 e. The molecule has 1 aliphatic rings. The van der Waals surface area contributed by atoms with Gasteiger partial charge in [-0.1, -0.05) is 6.07 Å². The van der Waals surface area contributed by atoms with E-state index in [-0.39, 0.29) is 18.4 Å². The lowest BCUT2D eigenvalue weighted by atomic mass is 9.90. The van der Waals surface area contributed by atoms with Crippen molar-refractivity contribution in [2.75, 3.05) is 18.9 Å². The lowest BCUT2D eigenvalue weighted by molar-refractivity contribution is 0.0550. The highest BCUT2D eigenvalue weighted by Gasteiger charge is 2.21. The number of benzene rings is 1. The number of carbonyl (C=O) groups excluding carboxylic acids is 2. The highest BCUT2D eigenvalue weighted by atomic mass is 16.3. The number of rotatable bonds is 3. The number of aryl methyl sites for hydroxylation is 1. The Morgan fingerprint density at radius 1 is 1.38 bits per heavy atom. The van der Waals surface area contributed by atoms with Gasteiger partial charge in [-0.15, -0.1) is 0 Å². The molecule has 1 aliphatic carbocycles. The van der Waals surface area contributed by atoms with Crippen LogP contribution in [0.15, 0.2) is 18.2 Å². The average Bonchev–Trinajstić information content (AvgIpc) is 2.37. The predicted octanol–water partition coefficient (Wildman–Crippen LogP) is 2.44. The summed E-state index contributed by atoms with van der Waals surface area (Å²) < 4.78 is 0. The Kier molecular flexibility index (Phi) is 4.32. The Morgan fingerprint density at radius 3 is 2.76 bits per heavy atom. The fourth-order valence-electron chi connectivity index (χ4n) is 2.58. The third kappa shape index (κ3) is 4.04. The summed E-state index contributed by atoms with van der Waals surface area (Å²) in [5.74, 6) is 0.136. The zero-order chi connectivity index (χ0) is 15.6. The molecule has 0 atom stereocenters. The molecule has 0 saturated carbocycles. The highest BCUT2D eigenvalue weighted by Crippen LogP contribution is 2.24. The van der Waals surface area contributed by atoms with E-state index in [2.05, 4.69) is 5.32 Å². The lowest BCUT2D eigenvalue weighted by Crippen LogP contribution is -2.41. The van der Waals surface area contributed by atoms with Gasteiger partial charge in [0.05, 0.1) is 12.1 Å². The number of likely N-dealkylation sites (N-methyl/N-ethyl adjacent to an activating group) is 1. The van der Waals surface area contributed by atoms with Crippen molar-refractivity contribution in [1.29, 1.82) is 0 Å². The topological polar surface area (TPSA) is 69.6 Å². The number of hydrogen-bond acceptors (Lipinski definition) is 3. The summed E-state index contributed by atoms with van der Waals surface area (Å²) in [6.45, 7) is 3.52. The third-order valence-corrected chi connectivity index (χ3v) is 3.48. The highest BCUT2D eigenvalue weighted by molar-refractivity contribution is 6.00. The number of aliphatic hydroxyl groups is 1. The third-order valence-electron chi connectivity index (χ3n) is 3.48. The number of fused-ring (bicyclic) bond motifs is 1. The SMILES string of the molecule is CN(CC(C)(C)O)C(=O)Nc1ccc2c(c1)C(=O)CCC2. The maximum Gasteiger partial charge on any atom is 0.321 e. The number of carbonyl (C=O) groups is 2. The minimum absolute atomic E-state index is 0.136. The maximum atomic E-state index is 12.1. The Labute approximate surface area is 125 Å². The molecule has 0 heterocycles. The summed E-state index contributed by atoms with van der Waals surface area (Å²) >= 11 is 0. The fourth-order valence-corrected chi connectivity index (χ4v) is 2.58. The van der Waals surface area contributed by atoms with Gasteiger partial charge in [-0.3, -0.25) is 4.79 Å². The number of urea groups is 1. The molecule has 0 bridgehead atoms. The second-order valence-corrected chi connectivity index (χ2v) is 6.25. The van der Waals surface area contributed by atoms with Gasteiger partial charge < -0.3 is 15.3 Å². The molecule has 1 aromatic rings. The molecule has 0 fully saturated rings. The molecule has 5 heteroatoms. The summed E-state index contributed by atoms with van der Waals surface area (Å²) in [4.78, 5) is 25.4. The molecule has 1 aromatic carbocycles. The first-order chi connectivity index (χ1) is 9.76. The maximum absolute atomic E-state index is 12.1. The van der Waals surface area contributed by atoms with Gasteiger partial charge in [0.2, 0.25) is 0 Å². The first-order valence-corrected chi connectivity index (χ1v) is 7.17. The quantitative estimate of drug-likeness (QED) is 0.898. The molecule has 2 amide bonds. The normalized spacial score (nSPS) is 14.6. The molecular weight excluding hydrogens is 268 g/mol. The number of Topliss-reactive ketones (excluding diaryl/α,β-unsaturated/α-hetero) is 1. The van der Waals surface area contributed by atoms with Crippen molar-refractivity contribution >= 4 is 17.5 Å². The molecule has 2 rings (SSSR count). The first-order valence-electron chi connectivity index (χ1n) is 7.17. The van der Waals surface area contributed by atoms with Crippen LogP contribution in [0.5, 0.6) is 0 Å². The van der Waals surface area contributed by atoms with E-state index in [1.807, 2.05) is 12.1 Å². The molecule has 0 aliphatic heterocycles. The number of amides is 2. The van der Waals surface area contributed by atoms with Crippen molar-refractivity contribution in [2.24, 2.45) is 0 Å². The first kappa shape index (κ1) is 15.5. The van der Waals surface area contributed by atoms with E-state index >= 15 is 0 Å². The van der Waals surface area contributed by atoms with E-state index in [0.717, 1.165) is 18.4 Å². The second-order valence-electron chi connectivity index (χ2n) is 6.25. The summed E-state index contributed by atoms with van der Waals surface area (Å²) in [6, 6.07) is 5.15. The zero-order valence-electron chi connectivity index (χ0n) is 12.8. The standard InChI is InChI=1S/C16H22N2O3/c1-16(2,21)10-18(3)15(20)17-12-8-7-11-5-4-6-14(19)13(11)9-12/h7-9,21H,4-6,10H2,1-3H3,(H,17,20). The van der Waals surface area contributed by atoms with Gasteiger partial charge in [0, 0.05) is 24.7 Å². The van der Waals surface area contributed by atoms with E-state index in [9.17, 15) is 14.7 Å². The van der Waals surface area contributed by atoms with Crippen molar-refractivity contribution in [3.63, 3.8) is 0 Å². The van der Waals surface area contributed by atoms with Crippen molar-refractivity contribution < 1.29 is 14.7 Å². The molecule has 114 valence electrons. The van der Waals surface area contributed by atoms with Crippen molar-refractivity contribution in [2.45, 2.75) is 38.7 Å². The van der Waals surface area contributed by atoms with Gasteiger partial charge in [0.15, 0.2) is 5.78 Å². The summed E-state index contributed by atoms with van der Waals surface area (Å²) in [6.07, 6.45) is 2.38. The van der Waals surface area contributed by atoms with Crippen LogP contribution in [0.2, 0.25) is 0 Å². The average molecular weight is 290 g/mol. The molecular formula is C16H22N2O3. The Hall–Kier alpha value is -1.88. The van der Waals surface area contributed by atoms with Crippen LogP contribution in [-0.2, 0) is 6.42 Å². The minimum Gasteiger partial charge on any atom is -0.389 e. The van der Waals surface area contributed by atoms with Gasteiger partial charge in [-0.2, -0.15) is 0 Å². The Morgan fingerprint density at radius 2 is 2.10 bits per heavy atom. The van der Waals surface area contributed by atoms with Crippen LogP contribution < -0.4 is 5.32 Å². The van der Waals surface area contributed by atoms with E-state index < -0.39 is 5.60 Å². The number of nitrogens with zero attached hydrogens (tertiary/aromatic N) is 1. The molecule has 21 heavy (non-hydrogen) atoms. The van der Waals surface area contributed by atoms with E-state index in [4.69, 9.17) is 0 Å². The van der Waals surface area contributed by atoms with Gasteiger partial charge in [-0.05, 0) is 44.4 Å². The minimum atomic E-state index is -0.947. The molecule has 5 nitrogen and oxygen atoms in total. The zero-order valence-corrected chi connectivity index (χ0v) is 12.8. The smallest absolute Gasteiger partial charge is 0.321 e. The number of anilines is 1. The van der Waals surface area contributed by atoms with Gasteiger partial charge in [0.25, 0.3) is 0 Å². The lowest BCUT2D eigenvalue weighted by Gasteiger charge is -2.26. The summed E-state index contributed by atoms with van der Waals surface area (Å²) in [5.41, 5.74) is 1.42. The van der Waals surface area contributed by atoms with Gasteiger partial charge in [-0.25, -0.2) is 4.79 Å². The van der Waals surface area contributed by atoms with Crippen LogP contribution >= 0.6 is 0 Å². The molecule has 0 unspecified atom stereocenters. The van der Waals surface area contributed by atoms with Gasteiger partial charge in [0.1, 0.15) is 0 Å². The van der Waals surface area contributed by atoms with Crippen LogP contribution in [0.25, 0.3) is 0 Å². The fraction of sp³-hybridized carbons (Fsp3) is 0.500. The van der Waals surface area contributed by atoms with Crippen LogP contribution in [0.1, 0.15) is 42.6 Å². The Balaban J connectivity index is 2.08. The summed E-state index contributed by atoms with van der Waals surface area (Å²) in [5, 5.41) is 12.5. The monoisotopic (exact) mass is 290 g/mol. The molecule has 0 radical (unpaired) electrons. The number of hydrogen-bond donors (Lipinski definition) is 2. The number of nitrogens with one attached hydrogen (secondary N) is 1. The van der Waals surface area contributed by atoms with E-state index in [0.29, 0.717) is 17.7 Å². The summed E-state index contributed by atoms with van der Waals surface area (Å²) in [7, 11) is 1.62. The van der Waals surface area contributed by atoms with Crippen molar-refractivity contribution in [3.05, 3.63) is 29.3 Å². The van der Waals surface area contributed by atoms with Crippen LogP contribution in [0, 0.1) is 0 Å². The number of ketones is 1. The Bertz CT molecular complexity index is 561.